The van der Waals surface area contributed by atoms with E-state index in [2.05, 4.69) is 11.4 Å². The molecule has 0 radical (unpaired) electrons. The molecule has 0 saturated heterocycles. The molecule has 1 saturated carbocycles. The molecule has 1 aromatic rings. The summed E-state index contributed by atoms with van der Waals surface area (Å²) in [5, 5.41) is 12.2. The van der Waals surface area contributed by atoms with E-state index in [9.17, 15) is 23.3 Å². The zero-order chi connectivity index (χ0) is 20.1. The first kappa shape index (κ1) is 20.9. The zero-order valence-electron chi connectivity index (χ0n) is 15.5. The second kappa shape index (κ2) is 8.53. The number of hydrogen-bond donors (Lipinski definition) is 1. The summed E-state index contributed by atoms with van der Waals surface area (Å²) in [4.78, 5) is 24.6. The Balaban J connectivity index is 1.96. The predicted octanol–water partition coefficient (Wildman–Crippen LogP) is 2.12. The Kier molecular flexibility index (Phi) is 6.60. The average molecular weight is 392 g/mol. The topological polar surface area (TPSA) is 113 Å². The monoisotopic (exact) mass is 392 g/mol. The fourth-order valence-corrected chi connectivity index (χ4v) is 3.88. The Labute approximate surface area is 159 Å². The van der Waals surface area contributed by atoms with Crippen LogP contribution in [0.25, 0.3) is 0 Å². The van der Waals surface area contributed by atoms with Crippen LogP contribution < -0.4 is 5.32 Å². The molecule has 7 nitrogen and oxygen atoms in total. The van der Waals surface area contributed by atoms with Crippen molar-refractivity contribution in [2.75, 3.05) is 6.26 Å². The first-order chi connectivity index (χ1) is 12.6. The van der Waals surface area contributed by atoms with Gasteiger partial charge in [0.15, 0.2) is 15.9 Å². The molecular weight excluding hydrogens is 368 g/mol. The van der Waals surface area contributed by atoms with Crippen molar-refractivity contribution < 1.29 is 22.7 Å². The van der Waals surface area contributed by atoms with Crippen molar-refractivity contribution in [1.29, 1.82) is 5.26 Å². The van der Waals surface area contributed by atoms with Gasteiger partial charge in [-0.1, -0.05) is 31.4 Å². The number of sulfone groups is 1. The highest BCUT2D eigenvalue weighted by Crippen LogP contribution is 2.27. The van der Waals surface area contributed by atoms with Crippen LogP contribution in [-0.4, -0.2) is 38.2 Å². The summed E-state index contributed by atoms with van der Waals surface area (Å²) in [5.41, 5.74) is -0.101. The highest BCUT2D eigenvalue weighted by molar-refractivity contribution is 7.89. The Bertz CT molecular complexity index is 834. The van der Waals surface area contributed by atoms with Crippen LogP contribution in [0.4, 0.5) is 0 Å². The average Bonchev–Trinajstić information content (AvgIpc) is 2.61. The number of ether oxygens (including phenoxy) is 1. The van der Waals surface area contributed by atoms with Crippen LogP contribution in [0.2, 0.25) is 0 Å². The number of nitrogens with one attached hydrogen (secondary N) is 1. The largest absolute Gasteiger partial charge is 0.449 e. The van der Waals surface area contributed by atoms with Crippen LogP contribution in [-0.2, 0) is 25.1 Å². The van der Waals surface area contributed by atoms with E-state index in [1.807, 2.05) is 0 Å². The molecule has 1 N–H and O–H groups in total. The Morgan fingerprint density at radius 2 is 1.81 bits per heavy atom. The first-order valence-corrected chi connectivity index (χ1v) is 10.9. The van der Waals surface area contributed by atoms with E-state index in [1.165, 1.54) is 31.2 Å². The van der Waals surface area contributed by atoms with E-state index in [-0.39, 0.29) is 11.3 Å². The van der Waals surface area contributed by atoms with Crippen molar-refractivity contribution in [2.24, 2.45) is 0 Å². The minimum Gasteiger partial charge on any atom is -0.449 e. The van der Waals surface area contributed by atoms with Crippen LogP contribution in [0.15, 0.2) is 24.3 Å². The summed E-state index contributed by atoms with van der Waals surface area (Å²) in [6.07, 6.45) is 4.08. The van der Waals surface area contributed by atoms with Gasteiger partial charge in [-0.3, -0.25) is 4.79 Å². The van der Waals surface area contributed by atoms with Gasteiger partial charge in [0.2, 0.25) is 0 Å². The number of amides is 1. The number of nitriles is 1. The van der Waals surface area contributed by atoms with Crippen LogP contribution in [0.1, 0.15) is 54.9 Å². The summed E-state index contributed by atoms with van der Waals surface area (Å²) in [6, 6.07) is 8.19. The maximum Gasteiger partial charge on any atom is 0.338 e. The highest BCUT2D eigenvalue weighted by atomic mass is 32.2. The van der Waals surface area contributed by atoms with Crippen molar-refractivity contribution in [3.05, 3.63) is 35.4 Å². The lowest BCUT2D eigenvalue weighted by atomic mass is 9.83. The lowest BCUT2D eigenvalue weighted by Gasteiger charge is -2.32. The van der Waals surface area contributed by atoms with Gasteiger partial charge in [0.25, 0.3) is 5.91 Å². The maximum atomic E-state index is 12.3. The molecule has 0 bridgehead atoms. The van der Waals surface area contributed by atoms with E-state index in [0.717, 1.165) is 25.5 Å². The minimum atomic E-state index is -3.16. The predicted molar refractivity (Wildman–Crippen MR) is 99.4 cm³/mol. The third kappa shape index (κ3) is 6.07. The number of hydrogen-bond acceptors (Lipinski definition) is 6. The molecule has 146 valence electrons. The highest BCUT2D eigenvalue weighted by Gasteiger charge is 2.35. The van der Waals surface area contributed by atoms with Gasteiger partial charge in [-0.15, -0.1) is 0 Å². The van der Waals surface area contributed by atoms with E-state index >= 15 is 0 Å². The number of benzene rings is 1. The molecule has 0 unspecified atom stereocenters. The molecule has 0 spiro atoms. The summed E-state index contributed by atoms with van der Waals surface area (Å²) >= 11 is 0. The van der Waals surface area contributed by atoms with Gasteiger partial charge in [-0.05, 0) is 37.5 Å². The van der Waals surface area contributed by atoms with Gasteiger partial charge < -0.3 is 10.1 Å². The molecule has 1 amide bonds. The van der Waals surface area contributed by atoms with Crippen LogP contribution in [0.5, 0.6) is 0 Å². The van der Waals surface area contributed by atoms with E-state index in [1.54, 1.807) is 0 Å². The third-order valence-corrected chi connectivity index (χ3v) is 5.41. The molecular formula is C19H24N2O5S. The first-order valence-electron chi connectivity index (χ1n) is 8.85. The Morgan fingerprint density at radius 3 is 2.33 bits per heavy atom. The van der Waals surface area contributed by atoms with Gasteiger partial charge in [0, 0.05) is 6.26 Å². The maximum absolute atomic E-state index is 12.3. The molecule has 1 aliphatic rings. The number of nitrogens with zero attached hydrogens (tertiary/aromatic N) is 1. The van der Waals surface area contributed by atoms with Gasteiger partial charge in [0.1, 0.15) is 5.54 Å². The molecule has 1 atom stereocenters. The molecule has 0 aromatic heterocycles. The molecule has 1 fully saturated rings. The number of carbonyl (C=O) groups excluding carboxylic acids is 2. The van der Waals surface area contributed by atoms with Crippen molar-refractivity contribution >= 4 is 21.7 Å². The van der Waals surface area contributed by atoms with Crippen molar-refractivity contribution in [3.8, 4) is 6.07 Å². The molecule has 8 heteroatoms. The number of rotatable bonds is 6. The summed E-state index contributed by atoms with van der Waals surface area (Å²) in [6.45, 7) is 1.46. The summed E-state index contributed by atoms with van der Waals surface area (Å²) in [7, 11) is -3.16. The molecule has 0 heterocycles. The van der Waals surface area contributed by atoms with Crippen LogP contribution in [0.3, 0.4) is 0 Å². The smallest absolute Gasteiger partial charge is 0.338 e. The van der Waals surface area contributed by atoms with Gasteiger partial charge in [-0.2, -0.15) is 5.26 Å². The lowest BCUT2D eigenvalue weighted by molar-refractivity contribution is -0.130. The molecule has 1 aromatic carbocycles. The van der Waals surface area contributed by atoms with Gasteiger partial charge in [0.05, 0.1) is 17.4 Å². The van der Waals surface area contributed by atoms with Crippen molar-refractivity contribution in [3.63, 3.8) is 0 Å². The number of carbonyl (C=O) groups is 2. The SMILES string of the molecule is C[C@H](OC(=O)c1ccc(CS(C)(=O)=O)cc1)C(=O)NC1(C#N)CCCCC1. The summed E-state index contributed by atoms with van der Waals surface area (Å²) < 4.78 is 27.8. The molecule has 1 aliphatic carbocycles. The van der Waals surface area contributed by atoms with Crippen LogP contribution in [0, 0.1) is 11.3 Å². The molecule has 0 aliphatic heterocycles. The Hall–Kier alpha value is -2.40. The molecule has 27 heavy (non-hydrogen) atoms. The fourth-order valence-electron chi connectivity index (χ4n) is 3.08. The Morgan fingerprint density at radius 1 is 1.22 bits per heavy atom. The fraction of sp³-hybridized carbons (Fsp3) is 0.526. The van der Waals surface area contributed by atoms with E-state index in [0.29, 0.717) is 18.4 Å². The summed E-state index contributed by atoms with van der Waals surface area (Å²) in [5.74, 6) is -1.30. The second-order valence-electron chi connectivity index (χ2n) is 7.06. The van der Waals surface area contributed by atoms with Crippen molar-refractivity contribution in [2.45, 2.75) is 56.4 Å². The number of esters is 1. The molecule has 2 rings (SSSR count). The van der Waals surface area contributed by atoms with Crippen molar-refractivity contribution in [1.82, 2.24) is 5.32 Å². The van der Waals surface area contributed by atoms with Crippen LogP contribution >= 0.6 is 0 Å². The second-order valence-corrected chi connectivity index (χ2v) is 9.20. The lowest BCUT2D eigenvalue weighted by Crippen LogP contribution is -2.52. The minimum absolute atomic E-state index is 0.114. The quantitative estimate of drug-likeness (QED) is 0.742. The van der Waals surface area contributed by atoms with Gasteiger partial charge in [-0.25, -0.2) is 13.2 Å². The normalized spacial score (nSPS) is 17.4. The standard InChI is InChI=1S/C19H24N2O5S/c1-14(17(22)21-19(13-20)10-4-3-5-11-19)26-18(23)16-8-6-15(7-9-16)12-27(2,24)25/h6-9,14H,3-5,10-12H2,1-2H3,(H,21,22)/t14-/m0/s1. The van der Waals surface area contributed by atoms with E-state index < -0.39 is 33.4 Å². The third-order valence-electron chi connectivity index (χ3n) is 4.56. The van der Waals surface area contributed by atoms with Gasteiger partial charge >= 0.3 is 5.97 Å². The zero-order valence-corrected chi connectivity index (χ0v) is 16.3. The van der Waals surface area contributed by atoms with E-state index in [4.69, 9.17) is 4.74 Å².